The van der Waals surface area contributed by atoms with E-state index in [4.69, 9.17) is 5.73 Å². The lowest BCUT2D eigenvalue weighted by Crippen LogP contribution is -2.48. The summed E-state index contributed by atoms with van der Waals surface area (Å²) in [6, 6.07) is 11.5. The van der Waals surface area contributed by atoms with Crippen LogP contribution in [0.3, 0.4) is 0 Å². The number of nitrogen functional groups attached to an aromatic ring is 1. The molecule has 1 aromatic carbocycles. The summed E-state index contributed by atoms with van der Waals surface area (Å²) in [7, 11) is 0. The third-order valence-electron chi connectivity index (χ3n) is 4.25. The molecule has 142 valence electrons. The Labute approximate surface area is 166 Å². The Morgan fingerprint density at radius 2 is 1.88 bits per heavy atom. The number of nitrogens with two attached hydrogens (primary N) is 1. The molecular formula is C18H25Cl2N5O. The van der Waals surface area contributed by atoms with E-state index in [2.05, 4.69) is 20.1 Å². The van der Waals surface area contributed by atoms with E-state index in [0.717, 1.165) is 43.2 Å². The largest absolute Gasteiger partial charge is 0.399 e. The molecule has 26 heavy (non-hydrogen) atoms. The lowest BCUT2D eigenvalue weighted by molar-refractivity contribution is -0.117. The summed E-state index contributed by atoms with van der Waals surface area (Å²) >= 11 is 0. The van der Waals surface area contributed by atoms with Crippen LogP contribution in [0.2, 0.25) is 0 Å². The predicted molar refractivity (Wildman–Crippen MR) is 112 cm³/mol. The van der Waals surface area contributed by atoms with Gasteiger partial charge in [0.2, 0.25) is 5.91 Å². The second kappa shape index (κ2) is 10.2. The number of carbonyl (C=O) groups is 1. The van der Waals surface area contributed by atoms with Gasteiger partial charge in [0.1, 0.15) is 5.82 Å². The molecule has 1 aliphatic heterocycles. The highest BCUT2D eigenvalue weighted by Gasteiger charge is 2.19. The van der Waals surface area contributed by atoms with E-state index in [1.165, 1.54) is 0 Å². The van der Waals surface area contributed by atoms with Crippen LogP contribution in [0.4, 0.5) is 17.2 Å². The maximum Gasteiger partial charge on any atom is 0.238 e. The summed E-state index contributed by atoms with van der Waals surface area (Å²) in [5.74, 6) is 0.993. The normalized spacial score (nSPS) is 14.1. The molecule has 1 fully saturated rings. The number of hydrogen-bond donors (Lipinski definition) is 2. The molecule has 3 rings (SSSR count). The van der Waals surface area contributed by atoms with Gasteiger partial charge >= 0.3 is 0 Å². The van der Waals surface area contributed by atoms with Crippen molar-refractivity contribution < 1.29 is 4.79 Å². The molecule has 2 aromatic rings. The predicted octanol–water partition coefficient (Wildman–Crippen LogP) is 2.58. The number of piperazine rings is 1. The van der Waals surface area contributed by atoms with Crippen molar-refractivity contribution >= 4 is 47.9 Å². The van der Waals surface area contributed by atoms with Crippen molar-refractivity contribution in [3.63, 3.8) is 0 Å². The van der Waals surface area contributed by atoms with Crippen LogP contribution in [0.15, 0.2) is 42.6 Å². The van der Waals surface area contributed by atoms with E-state index in [0.29, 0.717) is 12.2 Å². The van der Waals surface area contributed by atoms with Crippen LogP contribution >= 0.6 is 24.8 Å². The van der Waals surface area contributed by atoms with E-state index < -0.39 is 0 Å². The van der Waals surface area contributed by atoms with Crippen molar-refractivity contribution in [2.75, 3.05) is 48.7 Å². The first-order valence-corrected chi connectivity index (χ1v) is 8.16. The molecule has 1 saturated heterocycles. The highest BCUT2D eigenvalue weighted by molar-refractivity contribution is 5.93. The van der Waals surface area contributed by atoms with Crippen molar-refractivity contribution in [1.29, 1.82) is 0 Å². The maximum absolute atomic E-state index is 12.3. The molecule has 0 aliphatic carbocycles. The SMILES string of the molecule is Cc1ccc(N)cc1NC(=O)CN1CCN(c2ccccn2)CC1.Cl.Cl. The highest BCUT2D eigenvalue weighted by atomic mass is 35.5. The second-order valence-electron chi connectivity index (χ2n) is 6.07. The molecule has 6 nitrogen and oxygen atoms in total. The van der Waals surface area contributed by atoms with Crippen molar-refractivity contribution in [3.8, 4) is 0 Å². The van der Waals surface area contributed by atoms with Gasteiger partial charge in [-0.25, -0.2) is 4.98 Å². The number of rotatable bonds is 4. The molecule has 1 aliphatic rings. The van der Waals surface area contributed by atoms with Crippen molar-refractivity contribution in [2.24, 2.45) is 0 Å². The van der Waals surface area contributed by atoms with Gasteiger partial charge in [0.05, 0.1) is 6.54 Å². The van der Waals surface area contributed by atoms with Gasteiger partial charge in [0.15, 0.2) is 0 Å². The standard InChI is InChI=1S/C18H23N5O.2ClH/c1-14-5-6-15(19)12-16(14)21-18(24)13-22-8-10-23(11-9-22)17-4-2-3-7-20-17;;/h2-7,12H,8-11,13,19H2,1H3,(H,21,24);2*1H. The zero-order valence-electron chi connectivity index (χ0n) is 14.7. The Hall–Kier alpha value is -2.02. The molecule has 0 unspecified atom stereocenters. The first kappa shape index (κ1) is 22.0. The van der Waals surface area contributed by atoms with Crippen LogP contribution in [0.5, 0.6) is 0 Å². The summed E-state index contributed by atoms with van der Waals surface area (Å²) in [4.78, 5) is 21.1. The summed E-state index contributed by atoms with van der Waals surface area (Å²) in [6.45, 7) is 5.80. The van der Waals surface area contributed by atoms with Crippen LogP contribution in [0, 0.1) is 6.92 Å². The van der Waals surface area contributed by atoms with E-state index in [1.807, 2.05) is 43.5 Å². The van der Waals surface area contributed by atoms with Gasteiger partial charge in [-0.15, -0.1) is 24.8 Å². The molecule has 0 bridgehead atoms. The van der Waals surface area contributed by atoms with Crippen LogP contribution in [0.1, 0.15) is 5.56 Å². The van der Waals surface area contributed by atoms with Gasteiger partial charge in [0.25, 0.3) is 0 Å². The Kier molecular flexibility index (Phi) is 8.65. The fourth-order valence-electron chi connectivity index (χ4n) is 2.84. The number of amides is 1. The molecule has 2 heterocycles. The topological polar surface area (TPSA) is 74.5 Å². The van der Waals surface area contributed by atoms with E-state index in [1.54, 1.807) is 6.07 Å². The molecule has 1 aromatic heterocycles. The maximum atomic E-state index is 12.3. The Balaban J connectivity index is 0.00000169. The highest BCUT2D eigenvalue weighted by Crippen LogP contribution is 2.18. The van der Waals surface area contributed by atoms with Crippen LogP contribution in [-0.2, 0) is 4.79 Å². The zero-order chi connectivity index (χ0) is 16.9. The minimum absolute atomic E-state index is 0. The monoisotopic (exact) mass is 397 g/mol. The van der Waals surface area contributed by atoms with Crippen molar-refractivity contribution in [1.82, 2.24) is 9.88 Å². The summed E-state index contributed by atoms with van der Waals surface area (Å²) in [5.41, 5.74) is 8.23. The summed E-state index contributed by atoms with van der Waals surface area (Å²) in [5, 5.41) is 2.95. The summed E-state index contributed by atoms with van der Waals surface area (Å²) < 4.78 is 0. The summed E-state index contributed by atoms with van der Waals surface area (Å²) in [6.07, 6.45) is 1.81. The first-order valence-electron chi connectivity index (χ1n) is 8.16. The van der Waals surface area contributed by atoms with E-state index in [-0.39, 0.29) is 30.7 Å². The number of aromatic nitrogens is 1. The smallest absolute Gasteiger partial charge is 0.238 e. The number of halogens is 2. The minimum atomic E-state index is -0.00464. The Morgan fingerprint density at radius 1 is 1.15 bits per heavy atom. The zero-order valence-corrected chi connectivity index (χ0v) is 16.4. The number of nitrogens with one attached hydrogen (secondary N) is 1. The lowest BCUT2D eigenvalue weighted by atomic mass is 10.2. The number of nitrogens with zero attached hydrogens (tertiary/aromatic N) is 3. The average molecular weight is 398 g/mol. The third kappa shape index (κ3) is 5.76. The molecule has 0 atom stereocenters. The lowest BCUT2D eigenvalue weighted by Gasteiger charge is -2.35. The molecule has 8 heteroatoms. The first-order chi connectivity index (χ1) is 11.6. The number of carbonyl (C=O) groups excluding carboxylic acids is 1. The van der Waals surface area contributed by atoms with E-state index in [9.17, 15) is 4.79 Å². The van der Waals surface area contributed by atoms with Gasteiger partial charge in [-0.2, -0.15) is 0 Å². The van der Waals surface area contributed by atoms with Gasteiger partial charge < -0.3 is 16.0 Å². The third-order valence-corrected chi connectivity index (χ3v) is 4.25. The minimum Gasteiger partial charge on any atom is -0.399 e. The number of pyridine rings is 1. The number of anilines is 3. The molecule has 3 N–H and O–H groups in total. The van der Waals surface area contributed by atoms with Gasteiger partial charge in [-0.1, -0.05) is 12.1 Å². The van der Waals surface area contributed by atoms with Gasteiger partial charge in [-0.3, -0.25) is 9.69 Å². The Bertz CT molecular complexity index is 706. The molecule has 1 amide bonds. The van der Waals surface area contributed by atoms with E-state index >= 15 is 0 Å². The van der Waals surface area contributed by atoms with Crippen molar-refractivity contribution in [2.45, 2.75) is 6.92 Å². The number of hydrogen-bond acceptors (Lipinski definition) is 5. The van der Waals surface area contributed by atoms with Crippen LogP contribution in [0.25, 0.3) is 0 Å². The number of benzene rings is 1. The van der Waals surface area contributed by atoms with Crippen molar-refractivity contribution in [3.05, 3.63) is 48.2 Å². The molecule has 0 saturated carbocycles. The average Bonchev–Trinajstić information content (AvgIpc) is 2.59. The Morgan fingerprint density at radius 3 is 2.54 bits per heavy atom. The quantitative estimate of drug-likeness (QED) is 0.775. The second-order valence-corrected chi connectivity index (χ2v) is 6.07. The molecule has 0 radical (unpaired) electrons. The van der Waals surface area contributed by atoms with Gasteiger partial charge in [0, 0.05) is 43.8 Å². The van der Waals surface area contributed by atoms with Crippen LogP contribution in [-0.4, -0.2) is 48.5 Å². The molecule has 0 spiro atoms. The number of aryl methyl sites for hydroxylation is 1. The fraction of sp³-hybridized carbons (Fsp3) is 0.333. The molecular weight excluding hydrogens is 373 g/mol. The fourth-order valence-corrected chi connectivity index (χ4v) is 2.84. The van der Waals surface area contributed by atoms with Gasteiger partial charge in [-0.05, 0) is 36.8 Å². The van der Waals surface area contributed by atoms with Crippen LogP contribution < -0.4 is 16.0 Å².